The minimum atomic E-state index is -0.592. The molecule has 0 saturated heterocycles. The van der Waals surface area contributed by atoms with Crippen molar-refractivity contribution in [3.05, 3.63) is 63.0 Å². The second kappa shape index (κ2) is 12.2. The number of hydrogen-bond acceptors (Lipinski definition) is 8. The van der Waals surface area contributed by atoms with E-state index in [-0.39, 0.29) is 11.4 Å². The first kappa shape index (κ1) is 28.2. The van der Waals surface area contributed by atoms with Crippen LogP contribution in [0.25, 0.3) is 16.8 Å². The lowest BCUT2D eigenvalue weighted by Gasteiger charge is -2.15. The Bertz CT molecular complexity index is 1320. The number of allylic oxidation sites excluding steroid dienone is 1. The standard InChI is InChI=1S/C26H28Cl2N4O2S2/c1-7-15(4)35-25-22(17-8-9-19(27)20(28)12-17)31-26(36-25)32-23(24(33)34-6)21(16(5)29)18-10-13(2)30-14(3)11-18/h8-12,15,29H,7H2,1-6H3,(H,31,32)/b23-21+,29-16?. The van der Waals surface area contributed by atoms with Crippen molar-refractivity contribution in [2.75, 3.05) is 12.4 Å². The number of carbonyl (C=O) groups excluding carboxylic acids is 1. The zero-order chi connectivity index (χ0) is 26.6. The van der Waals surface area contributed by atoms with E-state index in [1.165, 1.54) is 18.4 Å². The summed E-state index contributed by atoms with van der Waals surface area (Å²) in [5.74, 6) is -0.592. The van der Waals surface area contributed by atoms with Gasteiger partial charge in [-0.1, -0.05) is 54.5 Å². The number of aromatic nitrogens is 2. The van der Waals surface area contributed by atoms with E-state index in [2.05, 4.69) is 24.1 Å². The van der Waals surface area contributed by atoms with E-state index in [1.807, 2.05) is 32.0 Å². The minimum Gasteiger partial charge on any atom is -0.464 e. The molecule has 190 valence electrons. The Labute approximate surface area is 230 Å². The van der Waals surface area contributed by atoms with Crippen molar-refractivity contribution in [1.82, 2.24) is 9.97 Å². The molecule has 0 bridgehead atoms. The summed E-state index contributed by atoms with van der Waals surface area (Å²) in [6.07, 6.45) is 0.983. The monoisotopic (exact) mass is 562 g/mol. The fourth-order valence-corrected chi connectivity index (χ4v) is 6.24. The zero-order valence-electron chi connectivity index (χ0n) is 21.0. The van der Waals surface area contributed by atoms with Crippen LogP contribution >= 0.6 is 46.3 Å². The summed E-state index contributed by atoms with van der Waals surface area (Å²) in [5.41, 5.74) is 4.64. The van der Waals surface area contributed by atoms with Gasteiger partial charge in [0.2, 0.25) is 0 Å². The van der Waals surface area contributed by atoms with E-state index >= 15 is 0 Å². The average Bonchev–Trinajstić information content (AvgIpc) is 3.20. The molecular weight excluding hydrogens is 535 g/mol. The predicted molar refractivity (Wildman–Crippen MR) is 153 cm³/mol. The van der Waals surface area contributed by atoms with Crippen LogP contribution in [0.1, 0.15) is 44.1 Å². The fraction of sp³-hybridized carbons (Fsp3) is 0.308. The molecule has 0 amide bonds. The Morgan fingerprint density at radius 3 is 2.39 bits per heavy atom. The number of thiazole rings is 1. The number of thioether (sulfide) groups is 1. The van der Waals surface area contributed by atoms with E-state index in [1.54, 1.807) is 30.8 Å². The van der Waals surface area contributed by atoms with Crippen LogP contribution < -0.4 is 5.32 Å². The quantitative estimate of drug-likeness (QED) is 0.119. The number of benzene rings is 1. The van der Waals surface area contributed by atoms with E-state index in [0.29, 0.717) is 31.6 Å². The predicted octanol–water partition coefficient (Wildman–Crippen LogP) is 8.06. The number of nitrogens with one attached hydrogen (secondary N) is 2. The molecule has 2 aromatic heterocycles. The van der Waals surface area contributed by atoms with Gasteiger partial charge in [-0.3, -0.25) is 4.98 Å². The van der Waals surface area contributed by atoms with Gasteiger partial charge in [-0.15, -0.1) is 11.8 Å². The molecule has 2 heterocycles. The highest BCUT2D eigenvalue weighted by Crippen LogP contribution is 2.42. The molecule has 1 atom stereocenters. The molecule has 10 heteroatoms. The van der Waals surface area contributed by atoms with E-state index in [0.717, 1.165) is 33.3 Å². The van der Waals surface area contributed by atoms with Gasteiger partial charge in [-0.25, -0.2) is 9.78 Å². The number of nitrogens with zero attached hydrogens (tertiary/aromatic N) is 2. The van der Waals surface area contributed by atoms with Gasteiger partial charge in [0, 0.05) is 33.5 Å². The number of esters is 1. The Hall–Kier alpha value is -2.39. The molecule has 6 nitrogen and oxygen atoms in total. The van der Waals surface area contributed by atoms with Crippen LogP contribution in [0.15, 0.2) is 40.2 Å². The SMILES string of the molecule is CCC(C)Sc1sc(N/C(C(=O)OC)=C(\C(C)=N)c2cc(C)nc(C)c2)nc1-c1ccc(Cl)c(Cl)c1. The van der Waals surface area contributed by atoms with Gasteiger partial charge >= 0.3 is 5.97 Å². The fourth-order valence-electron chi connectivity index (χ4n) is 3.48. The summed E-state index contributed by atoms with van der Waals surface area (Å²) in [6.45, 7) is 9.67. The molecule has 0 saturated carbocycles. The number of hydrogen-bond donors (Lipinski definition) is 2. The molecule has 0 aliphatic heterocycles. The molecule has 3 rings (SSSR count). The zero-order valence-corrected chi connectivity index (χ0v) is 24.1. The highest BCUT2D eigenvalue weighted by atomic mass is 35.5. The first-order valence-corrected chi connectivity index (χ1v) is 13.7. The summed E-state index contributed by atoms with van der Waals surface area (Å²) in [5, 5.41) is 13.4. The van der Waals surface area contributed by atoms with Crippen molar-refractivity contribution in [3.8, 4) is 11.3 Å². The molecular formula is C26H28Cl2N4O2S2. The van der Waals surface area contributed by atoms with Crippen molar-refractivity contribution in [3.63, 3.8) is 0 Å². The lowest BCUT2D eigenvalue weighted by molar-refractivity contribution is -0.135. The van der Waals surface area contributed by atoms with Gasteiger partial charge < -0.3 is 15.5 Å². The normalized spacial score (nSPS) is 12.7. The summed E-state index contributed by atoms with van der Waals surface area (Å²) >= 11 is 15.6. The molecule has 2 N–H and O–H groups in total. The van der Waals surface area contributed by atoms with Crippen molar-refractivity contribution >= 4 is 68.7 Å². The van der Waals surface area contributed by atoms with E-state index in [9.17, 15) is 4.79 Å². The van der Waals surface area contributed by atoms with E-state index in [4.69, 9.17) is 38.3 Å². The van der Waals surface area contributed by atoms with Crippen LogP contribution in [0.3, 0.4) is 0 Å². The van der Waals surface area contributed by atoms with Crippen molar-refractivity contribution in [2.24, 2.45) is 0 Å². The molecule has 0 radical (unpaired) electrons. The highest BCUT2D eigenvalue weighted by molar-refractivity contribution is 8.01. The Morgan fingerprint density at radius 1 is 1.17 bits per heavy atom. The average molecular weight is 564 g/mol. The van der Waals surface area contributed by atoms with Gasteiger partial charge in [0.1, 0.15) is 5.70 Å². The number of carbonyl (C=O) groups is 1. The second-order valence-electron chi connectivity index (χ2n) is 8.25. The maximum atomic E-state index is 13.0. The number of ether oxygens (including phenoxy) is 1. The third-order valence-electron chi connectivity index (χ3n) is 5.29. The molecule has 1 unspecified atom stereocenters. The van der Waals surface area contributed by atoms with Gasteiger partial charge in [0.05, 0.1) is 27.1 Å². The summed E-state index contributed by atoms with van der Waals surface area (Å²) in [4.78, 5) is 22.2. The van der Waals surface area contributed by atoms with Crippen molar-refractivity contribution in [1.29, 1.82) is 5.41 Å². The molecule has 0 aliphatic carbocycles. The third-order valence-corrected chi connectivity index (χ3v) is 8.48. The number of rotatable bonds is 9. The maximum Gasteiger partial charge on any atom is 0.355 e. The summed E-state index contributed by atoms with van der Waals surface area (Å²) in [6, 6.07) is 9.10. The molecule has 0 fully saturated rings. The largest absolute Gasteiger partial charge is 0.464 e. The van der Waals surface area contributed by atoms with E-state index < -0.39 is 5.97 Å². The first-order valence-electron chi connectivity index (χ1n) is 11.3. The molecule has 0 aliphatic rings. The lowest BCUT2D eigenvalue weighted by atomic mass is 9.99. The number of halogens is 2. The van der Waals surface area contributed by atoms with Gasteiger partial charge in [-0.2, -0.15) is 0 Å². The van der Waals surface area contributed by atoms with Crippen molar-refractivity contribution in [2.45, 2.75) is 50.5 Å². The van der Waals surface area contributed by atoms with Crippen LogP contribution in [0.4, 0.5) is 5.13 Å². The first-order chi connectivity index (χ1) is 17.0. The van der Waals surface area contributed by atoms with Gasteiger partial charge in [-0.05, 0) is 57.0 Å². The maximum absolute atomic E-state index is 13.0. The van der Waals surface area contributed by atoms with Gasteiger partial charge in [0.25, 0.3) is 0 Å². The van der Waals surface area contributed by atoms with Crippen LogP contribution in [-0.4, -0.2) is 34.0 Å². The minimum absolute atomic E-state index is 0.143. The molecule has 0 spiro atoms. The highest BCUT2D eigenvalue weighted by Gasteiger charge is 2.24. The van der Waals surface area contributed by atoms with Gasteiger partial charge in [0.15, 0.2) is 5.13 Å². The molecule has 1 aromatic carbocycles. The van der Waals surface area contributed by atoms with Crippen LogP contribution in [0, 0.1) is 19.3 Å². The molecule has 36 heavy (non-hydrogen) atoms. The number of methoxy groups -OCH3 is 1. The van der Waals surface area contributed by atoms with Crippen LogP contribution in [0.5, 0.6) is 0 Å². The van der Waals surface area contributed by atoms with Crippen LogP contribution in [0.2, 0.25) is 10.0 Å². The summed E-state index contributed by atoms with van der Waals surface area (Å²) in [7, 11) is 1.32. The smallest absolute Gasteiger partial charge is 0.355 e. The Morgan fingerprint density at radius 2 is 1.83 bits per heavy atom. The number of pyridine rings is 1. The second-order valence-corrected chi connectivity index (χ2v) is 11.8. The summed E-state index contributed by atoms with van der Waals surface area (Å²) < 4.78 is 6.08. The topological polar surface area (TPSA) is 88.0 Å². The number of anilines is 1. The Balaban J connectivity index is 2.18. The lowest BCUT2D eigenvalue weighted by Crippen LogP contribution is -2.18. The Kier molecular flexibility index (Phi) is 9.58. The van der Waals surface area contributed by atoms with Crippen LogP contribution in [-0.2, 0) is 9.53 Å². The van der Waals surface area contributed by atoms with Crippen molar-refractivity contribution < 1.29 is 9.53 Å². The number of aryl methyl sites for hydroxylation is 2. The third kappa shape index (κ3) is 6.68. The molecule has 3 aromatic rings.